The van der Waals surface area contributed by atoms with E-state index in [9.17, 15) is 4.39 Å². The highest BCUT2D eigenvalue weighted by atomic mass is 19.1. The lowest BCUT2D eigenvalue weighted by molar-refractivity contribution is 0.303. The van der Waals surface area contributed by atoms with E-state index >= 15 is 0 Å². The molecule has 0 radical (unpaired) electrons. The first kappa shape index (κ1) is 12.9. The van der Waals surface area contributed by atoms with E-state index < -0.39 is 0 Å². The van der Waals surface area contributed by atoms with Crippen LogP contribution >= 0.6 is 0 Å². The molecule has 0 aliphatic heterocycles. The van der Waals surface area contributed by atoms with Crippen molar-refractivity contribution >= 4 is 0 Å². The molecule has 3 nitrogen and oxygen atoms in total. The van der Waals surface area contributed by atoms with E-state index in [-0.39, 0.29) is 12.4 Å². The van der Waals surface area contributed by atoms with Crippen LogP contribution in [0.5, 0.6) is 11.5 Å². The Balaban J connectivity index is 2.13. The number of nitriles is 1. The summed E-state index contributed by atoms with van der Waals surface area (Å²) in [5.41, 5.74) is 1.18. The van der Waals surface area contributed by atoms with Gasteiger partial charge in [0.15, 0.2) is 0 Å². The van der Waals surface area contributed by atoms with Crippen LogP contribution in [0.1, 0.15) is 11.1 Å². The maximum atomic E-state index is 13.0. The summed E-state index contributed by atoms with van der Waals surface area (Å²) in [6.07, 6.45) is 0. The first-order valence-corrected chi connectivity index (χ1v) is 5.67. The average molecular weight is 257 g/mol. The lowest BCUT2D eigenvalue weighted by Gasteiger charge is -2.08. The molecule has 2 aromatic rings. The van der Waals surface area contributed by atoms with Gasteiger partial charge in [0.25, 0.3) is 0 Å². The van der Waals surface area contributed by atoms with Crippen LogP contribution in [-0.2, 0) is 6.61 Å². The number of benzene rings is 2. The highest BCUT2D eigenvalue weighted by molar-refractivity contribution is 5.43. The van der Waals surface area contributed by atoms with Gasteiger partial charge in [-0.3, -0.25) is 0 Å². The second-order valence-electron chi connectivity index (χ2n) is 3.93. The molecule has 0 bridgehead atoms. The minimum Gasteiger partial charge on any atom is -0.497 e. The van der Waals surface area contributed by atoms with Crippen molar-refractivity contribution in [2.45, 2.75) is 6.61 Å². The molecule has 0 aliphatic carbocycles. The second kappa shape index (κ2) is 5.87. The zero-order valence-corrected chi connectivity index (χ0v) is 10.4. The van der Waals surface area contributed by atoms with Crippen molar-refractivity contribution in [3.05, 3.63) is 59.4 Å². The summed E-state index contributed by atoms with van der Waals surface area (Å²) in [6.45, 7) is 0.232. The Bertz CT molecular complexity index is 620. The maximum Gasteiger partial charge on any atom is 0.124 e. The van der Waals surface area contributed by atoms with E-state index in [1.54, 1.807) is 30.3 Å². The Kier molecular flexibility index (Phi) is 3.99. The summed E-state index contributed by atoms with van der Waals surface area (Å²) in [7, 11) is 1.52. The fourth-order valence-electron chi connectivity index (χ4n) is 1.63. The summed E-state index contributed by atoms with van der Waals surface area (Å²) >= 11 is 0. The smallest absolute Gasteiger partial charge is 0.124 e. The third kappa shape index (κ3) is 3.46. The van der Waals surface area contributed by atoms with Crippen molar-refractivity contribution in [3.63, 3.8) is 0 Å². The molecule has 0 aromatic heterocycles. The zero-order valence-electron chi connectivity index (χ0n) is 10.4. The molecule has 19 heavy (non-hydrogen) atoms. The highest BCUT2D eigenvalue weighted by Gasteiger charge is 2.03. The lowest BCUT2D eigenvalue weighted by Crippen LogP contribution is -1.97. The summed E-state index contributed by atoms with van der Waals surface area (Å²) < 4.78 is 23.6. The van der Waals surface area contributed by atoms with Gasteiger partial charge in [-0.05, 0) is 29.8 Å². The first-order chi connectivity index (χ1) is 9.21. The van der Waals surface area contributed by atoms with Gasteiger partial charge in [0.05, 0.1) is 18.7 Å². The van der Waals surface area contributed by atoms with Crippen LogP contribution in [0.2, 0.25) is 0 Å². The van der Waals surface area contributed by atoms with E-state index in [4.69, 9.17) is 14.7 Å². The Morgan fingerprint density at radius 3 is 2.63 bits per heavy atom. The van der Waals surface area contributed by atoms with Crippen molar-refractivity contribution in [2.75, 3.05) is 7.11 Å². The summed E-state index contributed by atoms with van der Waals surface area (Å²) in [4.78, 5) is 0. The quantitative estimate of drug-likeness (QED) is 0.844. The fraction of sp³-hybridized carbons (Fsp3) is 0.133. The monoisotopic (exact) mass is 257 g/mol. The van der Waals surface area contributed by atoms with Gasteiger partial charge < -0.3 is 9.47 Å². The van der Waals surface area contributed by atoms with Crippen molar-refractivity contribution in [3.8, 4) is 17.6 Å². The zero-order chi connectivity index (χ0) is 13.7. The minimum atomic E-state index is -0.301. The maximum absolute atomic E-state index is 13.0. The number of halogens is 1. The van der Waals surface area contributed by atoms with E-state index in [1.807, 2.05) is 6.07 Å². The van der Waals surface area contributed by atoms with Gasteiger partial charge in [-0.15, -0.1) is 0 Å². The Morgan fingerprint density at radius 1 is 1.16 bits per heavy atom. The molecular formula is C15H12FNO2. The van der Waals surface area contributed by atoms with Crippen LogP contribution in [0.4, 0.5) is 4.39 Å². The normalized spacial score (nSPS) is 9.74. The van der Waals surface area contributed by atoms with Crippen LogP contribution in [0.25, 0.3) is 0 Å². The molecule has 0 aliphatic rings. The molecular weight excluding hydrogens is 245 g/mol. The molecule has 0 fully saturated rings. The topological polar surface area (TPSA) is 42.2 Å². The van der Waals surface area contributed by atoms with Crippen LogP contribution in [-0.4, -0.2) is 7.11 Å². The number of nitrogens with zero attached hydrogens (tertiary/aromatic N) is 1. The second-order valence-corrected chi connectivity index (χ2v) is 3.93. The molecule has 0 saturated carbocycles. The van der Waals surface area contributed by atoms with Gasteiger partial charge in [-0.25, -0.2) is 4.39 Å². The third-order valence-corrected chi connectivity index (χ3v) is 2.54. The predicted molar refractivity (Wildman–Crippen MR) is 68.4 cm³/mol. The molecule has 4 heteroatoms. The van der Waals surface area contributed by atoms with Gasteiger partial charge in [0, 0.05) is 6.07 Å². The Morgan fingerprint density at radius 2 is 1.95 bits per heavy atom. The van der Waals surface area contributed by atoms with Crippen molar-refractivity contribution in [1.82, 2.24) is 0 Å². The number of methoxy groups -OCH3 is 1. The lowest BCUT2D eigenvalue weighted by atomic mass is 10.2. The summed E-state index contributed by atoms with van der Waals surface area (Å²) in [5, 5.41) is 8.89. The third-order valence-electron chi connectivity index (χ3n) is 2.54. The van der Waals surface area contributed by atoms with Crippen molar-refractivity contribution in [1.29, 1.82) is 5.26 Å². The van der Waals surface area contributed by atoms with Crippen LogP contribution < -0.4 is 9.47 Å². The summed E-state index contributed by atoms with van der Waals surface area (Å²) in [6, 6.07) is 13.1. The van der Waals surface area contributed by atoms with E-state index in [0.29, 0.717) is 17.1 Å². The van der Waals surface area contributed by atoms with Gasteiger partial charge in [0.1, 0.15) is 23.9 Å². The molecule has 0 spiro atoms. The van der Waals surface area contributed by atoms with Gasteiger partial charge in [0.2, 0.25) is 0 Å². The molecule has 96 valence electrons. The van der Waals surface area contributed by atoms with Crippen molar-refractivity contribution < 1.29 is 13.9 Å². The molecule has 0 unspecified atom stereocenters. The molecule has 0 atom stereocenters. The van der Waals surface area contributed by atoms with E-state index in [0.717, 1.165) is 5.56 Å². The molecule has 0 N–H and O–H groups in total. The molecule has 2 rings (SSSR count). The standard InChI is InChI=1S/C15H12FNO2/c1-18-14-6-12(9-17)7-15(8-14)19-10-11-3-2-4-13(16)5-11/h2-8H,10H2,1H3. The Labute approximate surface area is 110 Å². The van der Waals surface area contributed by atoms with Gasteiger partial charge >= 0.3 is 0 Å². The first-order valence-electron chi connectivity index (χ1n) is 5.67. The number of rotatable bonds is 4. The number of hydrogen-bond donors (Lipinski definition) is 0. The molecule has 0 saturated heterocycles. The SMILES string of the molecule is COc1cc(C#N)cc(OCc2cccc(F)c2)c1. The largest absolute Gasteiger partial charge is 0.497 e. The van der Waals surface area contributed by atoms with Crippen molar-refractivity contribution in [2.24, 2.45) is 0 Å². The number of hydrogen-bond acceptors (Lipinski definition) is 3. The van der Waals surface area contributed by atoms with Gasteiger partial charge in [-0.1, -0.05) is 12.1 Å². The van der Waals surface area contributed by atoms with Crippen LogP contribution in [0.15, 0.2) is 42.5 Å². The Hall–Kier alpha value is -2.54. The summed E-state index contributed by atoms with van der Waals surface area (Å²) in [5.74, 6) is 0.762. The molecule has 2 aromatic carbocycles. The molecule has 0 amide bonds. The van der Waals surface area contributed by atoms with E-state index in [2.05, 4.69) is 0 Å². The van der Waals surface area contributed by atoms with Crippen LogP contribution in [0, 0.1) is 17.1 Å². The van der Waals surface area contributed by atoms with Crippen LogP contribution in [0.3, 0.4) is 0 Å². The minimum absolute atomic E-state index is 0.232. The number of ether oxygens (including phenoxy) is 2. The average Bonchev–Trinajstić information content (AvgIpc) is 2.44. The molecule has 0 heterocycles. The predicted octanol–water partition coefficient (Wildman–Crippen LogP) is 3.28. The highest BCUT2D eigenvalue weighted by Crippen LogP contribution is 2.23. The van der Waals surface area contributed by atoms with E-state index in [1.165, 1.54) is 19.2 Å². The van der Waals surface area contributed by atoms with Gasteiger partial charge in [-0.2, -0.15) is 5.26 Å². The fourth-order valence-corrected chi connectivity index (χ4v) is 1.63.